The van der Waals surface area contributed by atoms with E-state index in [-0.39, 0.29) is 27.0 Å². The first-order chi connectivity index (χ1) is 4.09. The van der Waals surface area contributed by atoms with Crippen molar-refractivity contribution in [1.82, 2.24) is 4.90 Å². The van der Waals surface area contributed by atoms with Gasteiger partial charge in [-0.1, -0.05) is 5.91 Å². The molecule has 0 unspecified atom stereocenters. The molecule has 3 nitrogen and oxygen atoms in total. The second-order valence-corrected chi connectivity index (χ2v) is 1.96. The zero-order valence-corrected chi connectivity index (χ0v) is 9.11. The monoisotopic (exact) mass is 311 g/mol. The Bertz CT molecular complexity index is 125. The quantitative estimate of drug-likeness (QED) is 0.537. The van der Waals surface area contributed by atoms with Crippen LogP contribution in [0.2, 0.25) is 0 Å². The number of rotatable bonds is 2. The van der Waals surface area contributed by atoms with E-state index in [1.165, 1.54) is 13.5 Å². The summed E-state index contributed by atoms with van der Waals surface area (Å²) in [5, 5.41) is 0. The summed E-state index contributed by atoms with van der Waals surface area (Å²) in [4.78, 5) is 21.4. The summed E-state index contributed by atoms with van der Waals surface area (Å²) in [6.07, 6.45) is 1.46. The Kier molecular flexibility index (Phi) is 6.79. The van der Waals surface area contributed by atoms with Crippen LogP contribution in [0.5, 0.6) is 0 Å². The molecular formula is C6H9NO2W. The fourth-order valence-electron chi connectivity index (χ4n) is 0.377. The number of carbonyl (C=O) groups excluding carboxylic acids is 2. The Hall–Kier alpha value is -0.302. The summed E-state index contributed by atoms with van der Waals surface area (Å²) >= 11 is 0. The van der Waals surface area contributed by atoms with Crippen LogP contribution in [-0.4, -0.2) is 24.3 Å². The van der Waals surface area contributed by atoms with Crippen molar-refractivity contribution in [3.63, 3.8) is 0 Å². The summed E-state index contributed by atoms with van der Waals surface area (Å²) in [5.41, 5.74) is 0. The number of amides is 2. The minimum Gasteiger partial charge on any atom is -0.475 e. The van der Waals surface area contributed by atoms with Crippen molar-refractivity contribution in [3.05, 3.63) is 5.92 Å². The van der Waals surface area contributed by atoms with Crippen molar-refractivity contribution in [2.75, 3.05) is 7.05 Å². The van der Waals surface area contributed by atoms with E-state index in [0.29, 0.717) is 5.92 Å². The van der Waals surface area contributed by atoms with Gasteiger partial charge in [-0.2, -0.15) is 13.8 Å². The Morgan fingerprint density at radius 2 is 1.90 bits per heavy atom. The largest absolute Gasteiger partial charge is 2.00 e. The molecule has 10 heavy (non-hydrogen) atoms. The van der Waals surface area contributed by atoms with E-state index in [1.807, 2.05) is 0 Å². The van der Waals surface area contributed by atoms with Crippen LogP contribution in [0.3, 0.4) is 0 Å². The van der Waals surface area contributed by atoms with E-state index in [1.54, 1.807) is 13.8 Å². The third kappa shape index (κ3) is 3.67. The molecule has 4 heteroatoms. The van der Waals surface area contributed by atoms with Gasteiger partial charge in [-0.15, -0.1) is 0 Å². The number of imide groups is 1. The number of hydrogen-bond acceptors (Lipinski definition) is 2. The third-order valence-electron chi connectivity index (χ3n) is 0.869. The fourth-order valence-corrected chi connectivity index (χ4v) is 0.377. The smallest absolute Gasteiger partial charge is 0.475 e. The first kappa shape index (κ1) is 12.4. The van der Waals surface area contributed by atoms with Gasteiger partial charge in [0.05, 0.1) is 6.41 Å². The Labute approximate surface area is 75.0 Å². The minimum atomic E-state index is -0.287. The van der Waals surface area contributed by atoms with Gasteiger partial charge in [0.2, 0.25) is 0 Å². The number of hydrogen-bond donors (Lipinski definition) is 0. The van der Waals surface area contributed by atoms with E-state index in [0.717, 1.165) is 4.90 Å². The molecule has 0 aromatic rings. The maximum absolute atomic E-state index is 10.7. The van der Waals surface area contributed by atoms with Crippen molar-refractivity contribution >= 4 is 12.3 Å². The van der Waals surface area contributed by atoms with Crippen LogP contribution in [0.4, 0.5) is 0 Å². The Morgan fingerprint density at radius 1 is 1.50 bits per heavy atom. The molecule has 0 saturated heterocycles. The molecule has 2 amide bonds. The van der Waals surface area contributed by atoms with Gasteiger partial charge in [-0.05, 0) is 7.05 Å². The van der Waals surface area contributed by atoms with Gasteiger partial charge >= 0.3 is 21.1 Å². The molecule has 56 valence electrons. The van der Waals surface area contributed by atoms with Crippen molar-refractivity contribution in [2.45, 2.75) is 13.8 Å². The van der Waals surface area contributed by atoms with Crippen LogP contribution in [0, 0.1) is 5.92 Å². The fraction of sp³-hybridized carbons (Fsp3) is 0.500. The van der Waals surface area contributed by atoms with Crippen molar-refractivity contribution in [3.8, 4) is 0 Å². The Balaban J connectivity index is 0. The molecule has 0 aliphatic carbocycles. The average Bonchev–Trinajstić information content (AvgIpc) is 1.84. The molecular weight excluding hydrogens is 302 g/mol. The van der Waals surface area contributed by atoms with E-state index < -0.39 is 0 Å². The number of carbonyl (C=O) groups is 1. The van der Waals surface area contributed by atoms with Crippen LogP contribution in [0.1, 0.15) is 13.8 Å². The molecule has 0 N–H and O–H groups in total. The summed E-state index contributed by atoms with van der Waals surface area (Å²) in [7, 11) is 1.38. The van der Waals surface area contributed by atoms with Crippen LogP contribution in [0.15, 0.2) is 0 Å². The van der Waals surface area contributed by atoms with Crippen molar-refractivity contribution < 1.29 is 30.7 Å². The average molecular weight is 311 g/mol. The van der Waals surface area contributed by atoms with E-state index in [4.69, 9.17) is 0 Å². The molecule has 0 rings (SSSR count). The van der Waals surface area contributed by atoms with E-state index in [9.17, 15) is 9.59 Å². The van der Waals surface area contributed by atoms with Crippen LogP contribution >= 0.6 is 0 Å². The van der Waals surface area contributed by atoms with Gasteiger partial charge in [0.1, 0.15) is 0 Å². The minimum absolute atomic E-state index is 0. The van der Waals surface area contributed by atoms with Gasteiger partial charge in [0, 0.05) is 0 Å². The van der Waals surface area contributed by atoms with E-state index >= 15 is 0 Å². The molecule has 0 saturated carbocycles. The van der Waals surface area contributed by atoms with Crippen LogP contribution in [-0.2, 0) is 30.7 Å². The van der Waals surface area contributed by atoms with Gasteiger partial charge in [0.25, 0.3) is 0 Å². The molecule has 0 heterocycles. The molecule has 0 atom stereocenters. The summed E-state index contributed by atoms with van der Waals surface area (Å²) in [6.45, 7) is 3.30. The summed E-state index contributed by atoms with van der Waals surface area (Å²) in [5.74, 6) is 0.297. The van der Waals surface area contributed by atoms with Gasteiger partial charge < -0.3 is 20.4 Å². The zero-order valence-electron chi connectivity index (χ0n) is 6.17. The van der Waals surface area contributed by atoms with Gasteiger partial charge in [0.15, 0.2) is 0 Å². The maximum atomic E-state index is 10.7. The summed E-state index contributed by atoms with van der Waals surface area (Å²) < 4.78 is 0. The maximum Gasteiger partial charge on any atom is 2.00 e. The number of nitrogens with zero attached hydrogens (tertiary/aromatic N) is 1. The predicted molar refractivity (Wildman–Crippen MR) is 33.1 cm³/mol. The van der Waals surface area contributed by atoms with Crippen molar-refractivity contribution in [1.29, 1.82) is 0 Å². The predicted octanol–water partition coefficient (Wildman–Crippen LogP) is 0.124. The molecule has 0 aliphatic heterocycles. The second-order valence-electron chi connectivity index (χ2n) is 1.96. The molecule has 0 aromatic heterocycles. The molecule has 0 aromatic carbocycles. The first-order valence-corrected chi connectivity index (χ1v) is 2.55. The summed E-state index contributed by atoms with van der Waals surface area (Å²) in [6, 6.07) is 0. The zero-order chi connectivity index (χ0) is 7.44. The standard InChI is InChI=1S/C6H9NO2.W/c1-5(2)6(9)7(3)4-8;/h1-3H3;/q-2;+2. The van der Waals surface area contributed by atoms with E-state index in [2.05, 4.69) is 0 Å². The molecule has 0 bridgehead atoms. The van der Waals surface area contributed by atoms with Crippen molar-refractivity contribution in [2.24, 2.45) is 0 Å². The normalized spacial score (nSPS) is 7.50. The first-order valence-electron chi connectivity index (χ1n) is 2.55. The third-order valence-corrected chi connectivity index (χ3v) is 0.869. The SMILES string of the molecule is C[C-](C)C(=O)N(C)[C-]=O.[W+2]. The van der Waals surface area contributed by atoms with Crippen LogP contribution < -0.4 is 0 Å². The van der Waals surface area contributed by atoms with Gasteiger partial charge in [-0.3, -0.25) is 0 Å². The molecule has 0 spiro atoms. The molecule has 0 aliphatic rings. The van der Waals surface area contributed by atoms with Crippen LogP contribution in [0.25, 0.3) is 0 Å². The molecule has 0 radical (unpaired) electrons. The Morgan fingerprint density at radius 3 is 2.00 bits per heavy atom. The van der Waals surface area contributed by atoms with Gasteiger partial charge in [-0.25, -0.2) is 0 Å². The topological polar surface area (TPSA) is 37.4 Å². The second kappa shape index (κ2) is 5.48. The molecule has 0 fully saturated rings.